The van der Waals surface area contributed by atoms with Gasteiger partial charge in [-0.05, 0) is 46.7 Å². The van der Waals surface area contributed by atoms with Gasteiger partial charge in [0.05, 0.1) is 12.7 Å². The van der Waals surface area contributed by atoms with Crippen molar-refractivity contribution >= 4 is 5.78 Å². The van der Waals surface area contributed by atoms with Gasteiger partial charge in [0.25, 0.3) is 0 Å². The number of aromatic hydroxyl groups is 1. The normalized spacial score (nSPS) is 12.1. The molecule has 0 amide bonds. The molecule has 0 fully saturated rings. The Labute approximate surface area is 150 Å². The first-order valence-corrected chi connectivity index (χ1v) is 8.52. The Morgan fingerprint density at radius 3 is 1.92 bits per heavy atom. The fourth-order valence-electron chi connectivity index (χ4n) is 2.71. The molecule has 0 aliphatic rings. The predicted octanol–water partition coefficient (Wildman–Crippen LogP) is 5.23. The van der Waals surface area contributed by atoms with Gasteiger partial charge in [-0.15, -0.1) is 0 Å². The van der Waals surface area contributed by atoms with Crippen LogP contribution in [0, 0.1) is 0 Å². The van der Waals surface area contributed by atoms with Gasteiger partial charge in [0.2, 0.25) is 0 Å². The summed E-state index contributed by atoms with van der Waals surface area (Å²) in [4.78, 5) is 13.0. The Hall–Kier alpha value is -2.29. The first kappa shape index (κ1) is 19.0. The number of hydrogen-bond acceptors (Lipinski definition) is 3. The molecular formula is C22H28O3. The number of rotatable bonds is 3. The number of phenols is 1. The third-order valence-electron chi connectivity index (χ3n) is 4.38. The molecule has 0 bridgehead atoms. The topological polar surface area (TPSA) is 46.5 Å². The molecule has 0 heterocycles. The lowest BCUT2D eigenvalue weighted by Crippen LogP contribution is -2.18. The summed E-state index contributed by atoms with van der Waals surface area (Å²) in [7, 11) is 1.59. The highest BCUT2D eigenvalue weighted by molar-refractivity contribution is 6.11. The van der Waals surface area contributed by atoms with Crippen LogP contribution in [0.3, 0.4) is 0 Å². The summed E-state index contributed by atoms with van der Waals surface area (Å²) in [6, 6.07) is 10.8. The number of carbonyl (C=O) groups excluding carboxylic acids is 1. The molecule has 3 nitrogen and oxygen atoms in total. The zero-order chi connectivity index (χ0) is 19.0. The van der Waals surface area contributed by atoms with Crippen LogP contribution in [0.4, 0.5) is 0 Å². The fourth-order valence-corrected chi connectivity index (χ4v) is 2.71. The number of ketones is 1. The van der Waals surface area contributed by atoms with Gasteiger partial charge in [-0.3, -0.25) is 4.79 Å². The lowest BCUT2D eigenvalue weighted by atomic mass is 9.78. The van der Waals surface area contributed by atoms with Crippen LogP contribution in [0.2, 0.25) is 0 Å². The first-order chi connectivity index (χ1) is 11.4. The van der Waals surface area contributed by atoms with Crippen molar-refractivity contribution in [3.05, 3.63) is 58.7 Å². The van der Waals surface area contributed by atoms with E-state index in [1.807, 2.05) is 32.9 Å². The van der Waals surface area contributed by atoms with Gasteiger partial charge >= 0.3 is 0 Å². The van der Waals surface area contributed by atoms with E-state index < -0.39 is 0 Å². The van der Waals surface area contributed by atoms with Gasteiger partial charge in [-0.25, -0.2) is 0 Å². The second-order valence-electron chi connectivity index (χ2n) is 8.48. The highest BCUT2D eigenvalue weighted by atomic mass is 16.5. The second-order valence-corrected chi connectivity index (χ2v) is 8.48. The highest BCUT2D eigenvalue weighted by Gasteiger charge is 2.27. The van der Waals surface area contributed by atoms with Crippen LogP contribution in [0.15, 0.2) is 36.4 Å². The van der Waals surface area contributed by atoms with Crippen LogP contribution >= 0.6 is 0 Å². The number of methoxy groups -OCH3 is 1. The zero-order valence-corrected chi connectivity index (χ0v) is 16.2. The number of carbonyl (C=O) groups is 1. The van der Waals surface area contributed by atoms with Crippen LogP contribution < -0.4 is 4.74 Å². The maximum Gasteiger partial charge on any atom is 0.196 e. The third-order valence-corrected chi connectivity index (χ3v) is 4.38. The van der Waals surface area contributed by atoms with Crippen LogP contribution in [0.25, 0.3) is 0 Å². The molecular weight excluding hydrogens is 312 g/mol. The smallest absolute Gasteiger partial charge is 0.196 e. The minimum atomic E-state index is -0.264. The molecule has 0 aliphatic carbocycles. The van der Waals surface area contributed by atoms with Crippen molar-refractivity contribution in [2.75, 3.05) is 7.11 Å². The summed E-state index contributed by atoms with van der Waals surface area (Å²) in [6.07, 6.45) is 0. The van der Waals surface area contributed by atoms with Gasteiger partial charge in [0, 0.05) is 11.1 Å². The maximum atomic E-state index is 13.0. The van der Waals surface area contributed by atoms with Crippen molar-refractivity contribution in [2.45, 2.75) is 52.4 Å². The van der Waals surface area contributed by atoms with Gasteiger partial charge < -0.3 is 9.84 Å². The van der Waals surface area contributed by atoms with E-state index in [2.05, 4.69) is 20.8 Å². The number of benzene rings is 2. The minimum absolute atomic E-state index is 0.0707. The third kappa shape index (κ3) is 4.04. The monoisotopic (exact) mass is 340 g/mol. The molecule has 0 unspecified atom stereocenters. The molecule has 0 radical (unpaired) electrons. The van der Waals surface area contributed by atoms with E-state index in [1.54, 1.807) is 31.4 Å². The van der Waals surface area contributed by atoms with Gasteiger partial charge in [-0.2, -0.15) is 0 Å². The minimum Gasteiger partial charge on any atom is -0.507 e. The Morgan fingerprint density at radius 1 is 0.920 bits per heavy atom. The van der Waals surface area contributed by atoms with E-state index in [0.717, 1.165) is 11.1 Å². The Morgan fingerprint density at radius 2 is 1.48 bits per heavy atom. The van der Waals surface area contributed by atoms with Crippen molar-refractivity contribution in [3.8, 4) is 11.5 Å². The molecule has 2 aromatic carbocycles. The summed E-state index contributed by atoms with van der Waals surface area (Å²) in [5, 5.41) is 10.8. The zero-order valence-electron chi connectivity index (χ0n) is 16.2. The predicted molar refractivity (Wildman–Crippen MR) is 102 cm³/mol. The molecule has 0 atom stereocenters. The molecule has 0 aromatic heterocycles. The molecule has 0 aliphatic heterocycles. The lowest BCUT2D eigenvalue weighted by molar-refractivity contribution is 0.103. The van der Waals surface area contributed by atoms with Gasteiger partial charge in [0.1, 0.15) is 11.5 Å². The average Bonchev–Trinajstić information content (AvgIpc) is 2.52. The number of ether oxygens (including phenoxy) is 1. The summed E-state index contributed by atoms with van der Waals surface area (Å²) >= 11 is 0. The van der Waals surface area contributed by atoms with Crippen molar-refractivity contribution in [1.29, 1.82) is 0 Å². The summed E-state index contributed by atoms with van der Waals surface area (Å²) in [5.41, 5.74) is 2.32. The first-order valence-electron chi connectivity index (χ1n) is 8.52. The van der Waals surface area contributed by atoms with Crippen LogP contribution in [0.1, 0.15) is 68.6 Å². The fraction of sp³-hybridized carbons (Fsp3) is 0.409. The molecule has 2 aromatic rings. The van der Waals surface area contributed by atoms with Crippen LogP contribution in [-0.4, -0.2) is 18.0 Å². The Bertz CT molecular complexity index is 773. The highest BCUT2D eigenvalue weighted by Crippen LogP contribution is 2.38. The van der Waals surface area contributed by atoms with E-state index in [-0.39, 0.29) is 22.4 Å². The molecule has 0 saturated carbocycles. The number of hydrogen-bond donors (Lipinski definition) is 1. The number of phenolic OH excluding ortho intramolecular Hbond substituents is 1. The Kier molecular flexibility index (Phi) is 4.99. The van der Waals surface area contributed by atoms with Crippen LogP contribution in [0.5, 0.6) is 11.5 Å². The van der Waals surface area contributed by atoms with Crippen molar-refractivity contribution in [2.24, 2.45) is 0 Å². The standard InChI is InChI=1S/C22H28O3/c1-21(2,3)15-12-17(20(24)18(13-15)22(4,5)6)19(23)14-8-10-16(25-7)11-9-14/h8-13,24H,1-7H3. The quantitative estimate of drug-likeness (QED) is 0.779. The molecule has 1 N–H and O–H groups in total. The van der Waals surface area contributed by atoms with E-state index in [1.165, 1.54) is 0 Å². The molecule has 25 heavy (non-hydrogen) atoms. The molecule has 2 rings (SSSR count). The molecule has 0 spiro atoms. The molecule has 3 heteroatoms. The summed E-state index contributed by atoms with van der Waals surface area (Å²) in [6.45, 7) is 12.4. The van der Waals surface area contributed by atoms with Gasteiger partial charge in [-0.1, -0.05) is 47.6 Å². The van der Waals surface area contributed by atoms with Crippen molar-refractivity contribution < 1.29 is 14.6 Å². The van der Waals surface area contributed by atoms with Gasteiger partial charge in [0.15, 0.2) is 5.78 Å². The van der Waals surface area contributed by atoms with E-state index in [0.29, 0.717) is 16.9 Å². The Balaban J connectivity index is 2.64. The van der Waals surface area contributed by atoms with Crippen molar-refractivity contribution in [3.63, 3.8) is 0 Å². The van der Waals surface area contributed by atoms with Crippen LogP contribution in [-0.2, 0) is 10.8 Å². The molecule has 0 saturated heterocycles. The SMILES string of the molecule is COc1ccc(C(=O)c2cc(C(C)(C)C)cc(C(C)(C)C)c2O)cc1. The average molecular weight is 340 g/mol. The summed E-state index contributed by atoms with van der Waals surface area (Å²) in [5.74, 6) is 0.581. The van der Waals surface area contributed by atoms with Crippen molar-refractivity contribution in [1.82, 2.24) is 0 Å². The lowest BCUT2D eigenvalue weighted by Gasteiger charge is -2.27. The summed E-state index contributed by atoms with van der Waals surface area (Å²) < 4.78 is 5.15. The largest absolute Gasteiger partial charge is 0.507 e. The molecule has 134 valence electrons. The van der Waals surface area contributed by atoms with E-state index in [9.17, 15) is 9.90 Å². The second kappa shape index (κ2) is 6.55. The maximum absolute atomic E-state index is 13.0. The van der Waals surface area contributed by atoms with E-state index >= 15 is 0 Å². The van der Waals surface area contributed by atoms with E-state index in [4.69, 9.17) is 4.74 Å².